The number of rotatable bonds is 10. The Labute approximate surface area is 186 Å². The molecule has 2 aromatic rings. The third kappa shape index (κ3) is 6.28. The lowest BCUT2D eigenvalue weighted by atomic mass is 10.2. The number of ether oxygens (including phenoxy) is 3. The Morgan fingerprint density at radius 2 is 1.72 bits per heavy atom. The highest BCUT2D eigenvalue weighted by Gasteiger charge is 2.23. The fourth-order valence-electron chi connectivity index (χ4n) is 2.68. The quantitative estimate of drug-likeness (QED) is 0.522. The molecule has 32 heavy (non-hydrogen) atoms. The maximum absolute atomic E-state index is 12.7. The monoisotopic (exact) mass is 464 g/mol. The number of anilines is 1. The second kappa shape index (κ2) is 11.3. The first-order chi connectivity index (χ1) is 15.2. The van der Waals surface area contributed by atoms with Crippen LogP contribution in [-0.4, -0.2) is 60.2 Å². The van der Waals surface area contributed by atoms with Crippen molar-refractivity contribution in [3.05, 3.63) is 54.1 Å². The number of esters is 2. The topological polar surface area (TPSA) is 128 Å². The summed E-state index contributed by atoms with van der Waals surface area (Å²) >= 11 is 0. The molecule has 0 heterocycles. The first kappa shape index (κ1) is 24.8. The predicted octanol–water partition coefficient (Wildman–Crippen LogP) is 1.36. The van der Waals surface area contributed by atoms with E-state index >= 15 is 0 Å². The lowest BCUT2D eigenvalue weighted by Gasteiger charge is -2.21. The molecule has 2 aromatic carbocycles. The van der Waals surface area contributed by atoms with Crippen LogP contribution < -0.4 is 14.4 Å². The van der Waals surface area contributed by atoms with Crippen molar-refractivity contribution < 1.29 is 37.0 Å². The van der Waals surface area contributed by atoms with E-state index < -0.39 is 34.5 Å². The highest BCUT2D eigenvalue weighted by molar-refractivity contribution is 7.89. The summed E-state index contributed by atoms with van der Waals surface area (Å²) < 4.78 is 41.5. The van der Waals surface area contributed by atoms with E-state index in [4.69, 9.17) is 14.2 Å². The van der Waals surface area contributed by atoms with Gasteiger partial charge in [0.05, 0.1) is 19.3 Å². The third-order valence-electron chi connectivity index (χ3n) is 4.25. The third-order valence-corrected chi connectivity index (χ3v) is 5.68. The zero-order valence-electron chi connectivity index (χ0n) is 17.9. The van der Waals surface area contributed by atoms with Crippen molar-refractivity contribution in [1.29, 1.82) is 0 Å². The number of nitrogens with zero attached hydrogens (tertiary/aromatic N) is 1. The molecule has 11 heteroatoms. The Hall–Kier alpha value is -3.44. The molecule has 0 unspecified atom stereocenters. The van der Waals surface area contributed by atoms with Crippen LogP contribution in [0.25, 0.3) is 0 Å². The number of carbonyl (C=O) groups is 3. The minimum Gasteiger partial charge on any atom is -0.495 e. The van der Waals surface area contributed by atoms with E-state index in [1.165, 1.54) is 26.3 Å². The highest BCUT2D eigenvalue weighted by Crippen LogP contribution is 2.25. The molecule has 0 aliphatic rings. The average Bonchev–Trinajstić information content (AvgIpc) is 2.81. The van der Waals surface area contributed by atoms with Gasteiger partial charge in [0, 0.05) is 5.69 Å². The fourth-order valence-corrected chi connectivity index (χ4v) is 3.60. The second-order valence-corrected chi connectivity index (χ2v) is 8.12. The molecule has 0 saturated heterocycles. The molecule has 1 amide bonds. The molecule has 0 spiro atoms. The van der Waals surface area contributed by atoms with E-state index in [2.05, 4.69) is 4.72 Å². The summed E-state index contributed by atoms with van der Waals surface area (Å²) in [6, 6.07) is 12.1. The summed E-state index contributed by atoms with van der Waals surface area (Å²) in [4.78, 5) is 38.0. The van der Waals surface area contributed by atoms with Gasteiger partial charge in [-0.3, -0.25) is 14.5 Å². The summed E-state index contributed by atoms with van der Waals surface area (Å²) in [6.07, 6.45) is 0. The summed E-state index contributed by atoms with van der Waals surface area (Å²) in [7, 11) is -1.39. The van der Waals surface area contributed by atoms with Crippen LogP contribution in [0.4, 0.5) is 5.69 Å². The number of benzene rings is 2. The highest BCUT2D eigenvalue weighted by atomic mass is 32.2. The number of para-hydroxylation sites is 1. The Bertz CT molecular complexity index is 1070. The van der Waals surface area contributed by atoms with Crippen LogP contribution in [0, 0.1) is 0 Å². The molecule has 2 rings (SSSR count). The van der Waals surface area contributed by atoms with Crippen LogP contribution in [0.15, 0.2) is 53.4 Å². The summed E-state index contributed by atoms with van der Waals surface area (Å²) in [5.41, 5.74) is 0.331. The van der Waals surface area contributed by atoms with Crippen molar-refractivity contribution in [2.45, 2.75) is 11.8 Å². The molecular formula is C21H24N2O8S. The second-order valence-electron chi connectivity index (χ2n) is 6.27. The van der Waals surface area contributed by atoms with Crippen molar-refractivity contribution in [1.82, 2.24) is 4.72 Å². The Morgan fingerprint density at radius 3 is 2.31 bits per heavy atom. The molecule has 0 aliphatic carbocycles. The van der Waals surface area contributed by atoms with Crippen LogP contribution >= 0.6 is 0 Å². The van der Waals surface area contributed by atoms with Crippen molar-refractivity contribution in [3.8, 4) is 5.75 Å². The molecule has 0 fully saturated rings. The van der Waals surface area contributed by atoms with Crippen LogP contribution in [0.5, 0.6) is 5.75 Å². The van der Waals surface area contributed by atoms with E-state index in [-0.39, 0.29) is 29.4 Å². The van der Waals surface area contributed by atoms with Gasteiger partial charge in [0.2, 0.25) is 10.0 Å². The summed E-state index contributed by atoms with van der Waals surface area (Å²) in [5.74, 6) is -2.16. The van der Waals surface area contributed by atoms with Gasteiger partial charge in [0.1, 0.15) is 17.2 Å². The smallest absolute Gasteiger partial charge is 0.338 e. The van der Waals surface area contributed by atoms with Crippen LogP contribution in [0.2, 0.25) is 0 Å². The number of carbonyl (C=O) groups excluding carboxylic acids is 3. The van der Waals surface area contributed by atoms with E-state index in [0.717, 1.165) is 11.0 Å². The van der Waals surface area contributed by atoms with Crippen molar-refractivity contribution in [3.63, 3.8) is 0 Å². The summed E-state index contributed by atoms with van der Waals surface area (Å²) in [6.45, 7) is 0.764. The molecule has 1 N–H and O–H groups in total. The number of amides is 1. The van der Waals surface area contributed by atoms with Gasteiger partial charge in [-0.1, -0.05) is 18.2 Å². The van der Waals surface area contributed by atoms with Crippen LogP contribution in [-0.2, 0) is 29.1 Å². The number of hydrogen-bond donors (Lipinski definition) is 1. The lowest BCUT2D eigenvalue weighted by Crippen LogP contribution is -2.39. The Morgan fingerprint density at radius 1 is 1.03 bits per heavy atom. The first-order valence-corrected chi connectivity index (χ1v) is 11.0. The lowest BCUT2D eigenvalue weighted by molar-refractivity contribution is -0.142. The molecular weight excluding hydrogens is 440 g/mol. The van der Waals surface area contributed by atoms with Gasteiger partial charge in [-0.25, -0.2) is 17.9 Å². The van der Waals surface area contributed by atoms with Crippen molar-refractivity contribution in [2.24, 2.45) is 0 Å². The molecule has 0 atom stereocenters. The molecule has 10 nitrogen and oxygen atoms in total. The van der Waals surface area contributed by atoms with Gasteiger partial charge >= 0.3 is 11.9 Å². The van der Waals surface area contributed by atoms with Gasteiger partial charge in [0.25, 0.3) is 5.91 Å². The van der Waals surface area contributed by atoms with E-state index in [1.54, 1.807) is 37.3 Å². The Kier molecular flexibility index (Phi) is 8.73. The largest absolute Gasteiger partial charge is 0.495 e. The molecule has 0 aliphatic heterocycles. The van der Waals surface area contributed by atoms with Crippen LogP contribution in [0.1, 0.15) is 17.3 Å². The standard InChI is InChI=1S/C21H24N2O8S/c1-4-30-20(25)13-23(16-8-6-5-7-9-16)19(24)14-31-21(26)15-10-11-17(29-3)18(12-15)32(27,28)22-2/h5-12,22H,4,13-14H2,1-3H3. The molecule has 0 radical (unpaired) electrons. The fraction of sp³-hybridized carbons (Fsp3) is 0.286. The zero-order valence-corrected chi connectivity index (χ0v) is 18.7. The normalized spacial score (nSPS) is 10.8. The maximum atomic E-state index is 12.7. The van der Waals surface area contributed by atoms with Gasteiger partial charge in [-0.2, -0.15) is 0 Å². The molecule has 0 aromatic heterocycles. The molecule has 0 saturated carbocycles. The van der Waals surface area contributed by atoms with Gasteiger partial charge in [-0.05, 0) is 44.3 Å². The van der Waals surface area contributed by atoms with Gasteiger partial charge in [-0.15, -0.1) is 0 Å². The van der Waals surface area contributed by atoms with Crippen molar-refractivity contribution in [2.75, 3.05) is 38.8 Å². The van der Waals surface area contributed by atoms with E-state index in [9.17, 15) is 22.8 Å². The van der Waals surface area contributed by atoms with Gasteiger partial charge < -0.3 is 14.2 Å². The first-order valence-electron chi connectivity index (χ1n) is 9.53. The minimum atomic E-state index is -3.91. The number of methoxy groups -OCH3 is 1. The van der Waals surface area contributed by atoms with Gasteiger partial charge in [0.15, 0.2) is 6.61 Å². The number of hydrogen-bond acceptors (Lipinski definition) is 8. The van der Waals surface area contributed by atoms with Crippen LogP contribution in [0.3, 0.4) is 0 Å². The number of nitrogens with one attached hydrogen (secondary N) is 1. The molecule has 172 valence electrons. The van der Waals surface area contributed by atoms with E-state index in [1.807, 2.05) is 0 Å². The SMILES string of the molecule is CCOC(=O)CN(C(=O)COC(=O)c1ccc(OC)c(S(=O)(=O)NC)c1)c1ccccc1. The van der Waals surface area contributed by atoms with E-state index in [0.29, 0.717) is 5.69 Å². The average molecular weight is 464 g/mol. The molecule has 0 bridgehead atoms. The number of sulfonamides is 1. The van der Waals surface area contributed by atoms with Crippen molar-refractivity contribution >= 4 is 33.6 Å². The maximum Gasteiger partial charge on any atom is 0.338 e. The Balaban J connectivity index is 2.18. The summed E-state index contributed by atoms with van der Waals surface area (Å²) in [5, 5.41) is 0. The minimum absolute atomic E-state index is 0.0386. The zero-order chi connectivity index (χ0) is 23.7. The predicted molar refractivity (Wildman–Crippen MR) is 115 cm³/mol.